The van der Waals surface area contributed by atoms with Gasteiger partial charge in [-0.15, -0.1) is 0 Å². The van der Waals surface area contributed by atoms with Gasteiger partial charge in [-0.25, -0.2) is 0 Å². The van der Waals surface area contributed by atoms with Gasteiger partial charge in [-0.05, 0) is 36.6 Å². The molecular formula is C15H19NO4. The van der Waals surface area contributed by atoms with E-state index in [-0.39, 0.29) is 24.7 Å². The summed E-state index contributed by atoms with van der Waals surface area (Å²) in [6, 6.07) is 5.73. The van der Waals surface area contributed by atoms with Gasteiger partial charge in [0.2, 0.25) is 5.91 Å². The second kappa shape index (κ2) is 6.41. The van der Waals surface area contributed by atoms with Crippen LogP contribution in [0, 0.1) is 0 Å². The molecule has 0 atom stereocenters. The number of carbonyl (C=O) groups is 2. The zero-order valence-electron chi connectivity index (χ0n) is 11.8. The van der Waals surface area contributed by atoms with Gasteiger partial charge in [-0.1, -0.05) is 0 Å². The molecule has 0 unspecified atom stereocenters. The van der Waals surface area contributed by atoms with Crippen LogP contribution in [0.25, 0.3) is 0 Å². The van der Waals surface area contributed by atoms with Crippen molar-refractivity contribution in [1.82, 2.24) is 0 Å². The summed E-state index contributed by atoms with van der Waals surface area (Å²) in [5.41, 5.74) is 2.04. The summed E-state index contributed by atoms with van der Waals surface area (Å²) in [6.45, 7) is 0.694. The van der Waals surface area contributed by atoms with E-state index in [0.29, 0.717) is 6.54 Å². The molecule has 1 aromatic rings. The molecule has 1 aliphatic heterocycles. The normalized spacial score (nSPS) is 13.6. The van der Waals surface area contributed by atoms with Crippen LogP contribution in [0.4, 0.5) is 5.69 Å². The van der Waals surface area contributed by atoms with E-state index in [1.165, 1.54) is 7.11 Å². The molecule has 1 aliphatic rings. The lowest BCUT2D eigenvalue weighted by Crippen LogP contribution is -2.35. The molecule has 0 bridgehead atoms. The second-order valence-corrected chi connectivity index (χ2v) is 4.72. The third-order valence-electron chi connectivity index (χ3n) is 3.48. The number of anilines is 1. The second-order valence-electron chi connectivity index (χ2n) is 4.72. The maximum atomic E-state index is 12.2. The highest BCUT2D eigenvalue weighted by Gasteiger charge is 2.23. The number of hydrogen-bond donors (Lipinski definition) is 0. The van der Waals surface area contributed by atoms with E-state index < -0.39 is 0 Å². The van der Waals surface area contributed by atoms with Crippen LogP contribution in [0.1, 0.15) is 24.8 Å². The molecule has 0 fully saturated rings. The highest BCUT2D eigenvalue weighted by atomic mass is 16.5. The fourth-order valence-electron chi connectivity index (χ4n) is 2.41. The summed E-state index contributed by atoms with van der Waals surface area (Å²) >= 11 is 0. The molecule has 0 spiro atoms. The quantitative estimate of drug-likeness (QED) is 0.789. The summed E-state index contributed by atoms with van der Waals surface area (Å²) < 4.78 is 9.77. The van der Waals surface area contributed by atoms with Crippen LogP contribution in [0.2, 0.25) is 0 Å². The SMILES string of the molecule is COC(=O)CCC(=O)N1CCCc2cc(OC)ccc21. The van der Waals surface area contributed by atoms with Crippen molar-refractivity contribution in [1.29, 1.82) is 0 Å². The highest BCUT2D eigenvalue weighted by molar-refractivity contribution is 5.96. The Hall–Kier alpha value is -2.04. The molecule has 1 amide bonds. The van der Waals surface area contributed by atoms with Crippen LogP contribution in [0.5, 0.6) is 5.75 Å². The topological polar surface area (TPSA) is 55.8 Å². The number of carbonyl (C=O) groups excluding carboxylic acids is 2. The number of rotatable bonds is 4. The summed E-state index contributed by atoms with van der Waals surface area (Å²) in [5.74, 6) is 0.402. The molecule has 2 rings (SSSR count). The van der Waals surface area contributed by atoms with Crippen LogP contribution in [0.3, 0.4) is 0 Å². The minimum absolute atomic E-state index is 0.0403. The van der Waals surface area contributed by atoms with Gasteiger partial charge in [0.15, 0.2) is 0 Å². The molecular weight excluding hydrogens is 258 g/mol. The molecule has 0 radical (unpaired) electrons. The molecule has 5 heteroatoms. The van der Waals surface area contributed by atoms with Crippen molar-refractivity contribution < 1.29 is 19.1 Å². The van der Waals surface area contributed by atoms with Crippen molar-refractivity contribution in [2.45, 2.75) is 25.7 Å². The first-order valence-corrected chi connectivity index (χ1v) is 6.70. The number of nitrogens with zero attached hydrogens (tertiary/aromatic N) is 1. The van der Waals surface area contributed by atoms with E-state index in [1.807, 2.05) is 18.2 Å². The van der Waals surface area contributed by atoms with Crippen molar-refractivity contribution in [2.24, 2.45) is 0 Å². The molecule has 0 saturated heterocycles. The molecule has 0 saturated carbocycles. The van der Waals surface area contributed by atoms with E-state index in [0.717, 1.165) is 29.8 Å². The van der Waals surface area contributed by atoms with E-state index in [9.17, 15) is 9.59 Å². The first-order valence-electron chi connectivity index (χ1n) is 6.70. The van der Waals surface area contributed by atoms with E-state index in [4.69, 9.17) is 4.74 Å². The maximum Gasteiger partial charge on any atom is 0.306 e. The molecule has 1 heterocycles. The summed E-state index contributed by atoms with van der Waals surface area (Å²) in [6.07, 6.45) is 2.16. The Labute approximate surface area is 118 Å². The molecule has 0 aromatic heterocycles. The number of hydrogen-bond acceptors (Lipinski definition) is 4. The molecule has 20 heavy (non-hydrogen) atoms. The molecule has 1 aromatic carbocycles. The van der Waals surface area contributed by atoms with Crippen LogP contribution in [0.15, 0.2) is 18.2 Å². The van der Waals surface area contributed by atoms with Gasteiger partial charge < -0.3 is 14.4 Å². The fraction of sp³-hybridized carbons (Fsp3) is 0.467. The zero-order chi connectivity index (χ0) is 14.5. The summed E-state index contributed by atoms with van der Waals surface area (Å²) in [5, 5.41) is 0. The lowest BCUT2D eigenvalue weighted by atomic mass is 10.0. The summed E-state index contributed by atoms with van der Waals surface area (Å²) in [7, 11) is 2.96. The first kappa shape index (κ1) is 14.4. The van der Waals surface area contributed by atoms with E-state index >= 15 is 0 Å². The fourth-order valence-corrected chi connectivity index (χ4v) is 2.41. The average Bonchev–Trinajstić information content (AvgIpc) is 2.50. The van der Waals surface area contributed by atoms with Crippen molar-refractivity contribution in [2.75, 3.05) is 25.7 Å². The van der Waals surface area contributed by atoms with Crippen LogP contribution in [-0.4, -0.2) is 32.6 Å². The monoisotopic (exact) mass is 277 g/mol. The van der Waals surface area contributed by atoms with Gasteiger partial charge in [-0.3, -0.25) is 9.59 Å². The van der Waals surface area contributed by atoms with Crippen molar-refractivity contribution in [3.05, 3.63) is 23.8 Å². The van der Waals surface area contributed by atoms with Gasteiger partial charge in [0, 0.05) is 18.7 Å². The Morgan fingerprint density at radius 2 is 2.05 bits per heavy atom. The Morgan fingerprint density at radius 1 is 1.25 bits per heavy atom. The number of aryl methyl sites for hydroxylation is 1. The zero-order valence-corrected chi connectivity index (χ0v) is 11.8. The molecule has 108 valence electrons. The van der Waals surface area contributed by atoms with Crippen LogP contribution >= 0.6 is 0 Å². The minimum Gasteiger partial charge on any atom is -0.497 e. The van der Waals surface area contributed by atoms with Gasteiger partial charge in [-0.2, -0.15) is 0 Å². The number of benzene rings is 1. The molecule has 5 nitrogen and oxygen atoms in total. The van der Waals surface area contributed by atoms with Gasteiger partial charge in [0.05, 0.1) is 20.6 Å². The maximum absolute atomic E-state index is 12.2. The number of fused-ring (bicyclic) bond motifs is 1. The smallest absolute Gasteiger partial charge is 0.306 e. The Balaban J connectivity index is 2.11. The van der Waals surface area contributed by atoms with Crippen molar-refractivity contribution in [3.63, 3.8) is 0 Å². The number of amides is 1. The first-order chi connectivity index (χ1) is 9.65. The Kier molecular flexibility index (Phi) is 4.61. The predicted octanol–water partition coefficient (Wildman–Crippen LogP) is 1.93. The third kappa shape index (κ3) is 3.10. The lowest BCUT2D eigenvalue weighted by Gasteiger charge is -2.29. The third-order valence-corrected chi connectivity index (χ3v) is 3.48. The van der Waals surface area contributed by atoms with Gasteiger partial charge in [0.25, 0.3) is 0 Å². The number of ether oxygens (including phenoxy) is 2. The molecule has 0 aliphatic carbocycles. The van der Waals surface area contributed by atoms with Gasteiger partial charge in [0.1, 0.15) is 5.75 Å². The van der Waals surface area contributed by atoms with E-state index in [2.05, 4.69) is 4.74 Å². The van der Waals surface area contributed by atoms with E-state index in [1.54, 1.807) is 12.0 Å². The lowest BCUT2D eigenvalue weighted by molar-refractivity contribution is -0.141. The highest BCUT2D eigenvalue weighted by Crippen LogP contribution is 2.30. The van der Waals surface area contributed by atoms with Crippen molar-refractivity contribution in [3.8, 4) is 5.75 Å². The van der Waals surface area contributed by atoms with Gasteiger partial charge >= 0.3 is 5.97 Å². The van der Waals surface area contributed by atoms with Crippen LogP contribution in [-0.2, 0) is 20.7 Å². The Morgan fingerprint density at radius 3 is 2.75 bits per heavy atom. The standard InChI is InChI=1S/C15H19NO4/c1-19-12-5-6-13-11(10-12)4-3-9-16(13)14(17)7-8-15(18)20-2/h5-6,10H,3-4,7-9H2,1-2H3. The summed E-state index contributed by atoms with van der Waals surface area (Å²) in [4.78, 5) is 25.1. The molecule has 0 N–H and O–H groups in total. The number of esters is 1. The van der Waals surface area contributed by atoms with Crippen LogP contribution < -0.4 is 9.64 Å². The largest absolute Gasteiger partial charge is 0.497 e. The average molecular weight is 277 g/mol. The van der Waals surface area contributed by atoms with Crippen molar-refractivity contribution >= 4 is 17.6 Å². The predicted molar refractivity (Wildman–Crippen MR) is 74.9 cm³/mol. The number of methoxy groups -OCH3 is 2. The Bertz CT molecular complexity index is 513. The minimum atomic E-state index is -0.356.